The van der Waals surface area contributed by atoms with Crippen LogP contribution in [0.5, 0.6) is 0 Å². The number of amidine groups is 1. The summed E-state index contributed by atoms with van der Waals surface area (Å²) in [4.78, 5) is 11.8. The first kappa shape index (κ1) is 12.4. The van der Waals surface area contributed by atoms with Crippen LogP contribution < -0.4 is 16.4 Å². The van der Waals surface area contributed by atoms with Crippen LogP contribution in [0.1, 0.15) is 12.0 Å². The third-order valence-corrected chi connectivity index (χ3v) is 2.73. The van der Waals surface area contributed by atoms with Crippen LogP contribution in [-0.4, -0.2) is 40.9 Å². The van der Waals surface area contributed by atoms with E-state index in [0.29, 0.717) is 24.6 Å². The Morgan fingerprint density at radius 2 is 2.50 bits per heavy atom. The molecule has 1 aromatic rings. The minimum absolute atomic E-state index is 0.0269. The first-order valence-corrected chi connectivity index (χ1v) is 5.59. The lowest BCUT2D eigenvalue weighted by molar-refractivity contribution is 0.189. The molecule has 1 saturated heterocycles. The molecule has 1 aliphatic heterocycles. The molecular weight excluding hydrogens is 236 g/mol. The van der Waals surface area contributed by atoms with E-state index < -0.39 is 0 Å². The van der Waals surface area contributed by atoms with E-state index in [4.69, 9.17) is 15.9 Å². The maximum Gasteiger partial charge on any atom is 0.320 e. The number of hydrogen-bond acceptors (Lipinski definition) is 4. The Balaban J connectivity index is 2.01. The number of nitrogens with one attached hydrogen (secondary N) is 3. The molecule has 1 unspecified atom stereocenters. The quantitative estimate of drug-likeness (QED) is 0.433. The minimum Gasteiger partial charge on any atom is -0.384 e. The smallest absolute Gasteiger partial charge is 0.320 e. The van der Waals surface area contributed by atoms with E-state index in [1.807, 2.05) is 0 Å². The van der Waals surface area contributed by atoms with Gasteiger partial charge in [0.2, 0.25) is 0 Å². The Bertz CT molecular complexity index is 463. The monoisotopic (exact) mass is 252 g/mol. The number of amides is 2. The van der Waals surface area contributed by atoms with E-state index >= 15 is 0 Å². The van der Waals surface area contributed by atoms with Gasteiger partial charge < -0.3 is 15.8 Å². The second-order valence-electron chi connectivity index (χ2n) is 4.10. The molecule has 0 radical (unpaired) electrons. The van der Waals surface area contributed by atoms with E-state index in [1.54, 1.807) is 7.05 Å². The molecule has 0 saturated carbocycles. The Hall–Kier alpha value is -2.09. The van der Waals surface area contributed by atoms with Gasteiger partial charge in [-0.3, -0.25) is 15.4 Å². The highest BCUT2D eigenvalue weighted by atomic mass is 16.5. The Kier molecular flexibility index (Phi) is 3.47. The molecule has 2 rings (SSSR count). The third-order valence-electron chi connectivity index (χ3n) is 2.73. The summed E-state index contributed by atoms with van der Waals surface area (Å²) in [6, 6.07) is -0.324. The Morgan fingerprint density at radius 1 is 1.72 bits per heavy atom. The van der Waals surface area contributed by atoms with Crippen molar-refractivity contribution in [2.45, 2.75) is 12.5 Å². The lowest BCUT2D eigenvalue weighted by Gasteiger charge is -2.12. The van der Waals surface area contributed by atoms with Crippen LogP contribution in [0.15, 0.2) is 6.20 Å². The number of aromatic nitrogens is 2. The number of hydrogen-bond donors (Lipinski definition) is 4. The van der Waals surface area contributed by atoms with Gasteiger partial charge in [0, 0.05) is 13.7 Å². The van der Waals surface area contributed by atoms with Crippen LogP contribution in [0.3, 0.4) is 0 Å². The summed E-state index contributed by atoms with van der Waals surface area (Å²) in [6.45, 7) is 1.19. The van der Waals surface area contributed by atoms with Gasteiger partial charge >= 0.3 is 6.03 Å². The number of aryl methyl sites for hydroxylation is 1. The van der Waals surface area contributed by atoms with Crippen LogP contribution in [-0.2, 0) is 11.8 Å². The normalized spacial score (nSPS) is 18.6. The first-order chi connectivity index (χ1) is 8.58. The zero-order valence-electron chi connectivity index (χ0n) is 10.1. The molecule has 1 aromatic heterocycles. The van der Waals surface area contributed by atoms with Crippen LogP contribution in [0.4, 0.5) is 10.6 Å². The largest absolute Gasteiger partial charge is 0.384 e. The molecule has 1 fully saturated rings. The van der Waals surface area contributed by atoms with Crippen molar-refractivity contribution < 1.29 is 9.53 Å². The molecule has 1 atom stereocenters. The molecule has 5 N–H and O–H groups in total. The van der Waals surface area contributed by atoms with Crippen LogP contribution in [0.2, 0.25) is 0 Å². The number of carbonyl (C=O) groups is 1. The second kappa shape index (κ2) is 5.05. The summed E-state index contributed by atoms with van der Waals surface area (Å²) >= 11 is 0. The van der Waals surface area contributed by atoms with E-state index in [-0.39, 0.29) is 17.9 Å². The third kappa shape index (κ3) is 2.59. The Labute approximate surface area is 104 Å². The van der Waals surface area contributed by atoms with E-state index in [9.17, 15) is 4.79 Å². The maximum atomic E-state index is 11.8. The number of rotatable bonds is 3. The summed E-state index contributed by atoms with van der Waals surface area (Å²) in [5, 5.41) is 16.8. The highest BCUT2D eigenvalue weighted by Gasteiger charge is 2.19. The molecule has 8 heteroatoms. The minimum atomic E-state index is -0.350. The summed E-state index contributed by atoms with van der Waals surface area (Å²) in [7, 11) is 1.67. The van der Waals surface area contributed by atoms with Gasteiger partial charge in [-0.2, -0.15) is 5.10 Å². The van der Waals surface area contributed by atoms with Gasteiger partial charge in [-0.15, -0.1) is 0 Å². The first-order valence-electron chi connectivity index (χ1n) is 5.59. The molecule has 8 nitrogen and oxygen atoms in total. The Morgan fingerprint density at radius 3 is 3.11 bits per heavy atom. The zero-order valence-corrected chi connectivity index (χ0v) is 10.1. The fourth-order valence-electron chi connectivity index (χ4n) is 1.76. The average Bonchev–Trinajstić information content (AvgIpc) is 2.90. The summed E-state index contributed by atoms with van der Waals surface area (Å²) in [5.74, 6) is 0.265. The number of nitrogen functional groups attached to an aromatic ring is 1. The van der Waals surface area contributed by atoms with Gasteiger partial charge in [0.15, 0.2) is 0 Å². The number of carbonyl (C=O) groups excluding carboxylic acids is 1. The summed E-state index contributed by atoms with van der Waals surface area (Å²) < 4.78 is 6.62. The molecule has 0 bridgehead atoms. The fraction of sp³-hybridized carbons (Fsp3) is 0.500. The lowest BCUT2D eigenvalue weighted by atomic mass is 10.3. The van der Waals surface area contributed by atoms with Crippen molar-refractivity contribution >= 4 is 17.7 Å². The molecule has 0 aromatic carbocycles. The van der Waals surface area contributed by atoms with Crippen molar-refractivity contribution in [2.24, 2.45) is 12.8 Å². The second-order valence-corrected chi connectivity index (χ2v) is 4.10. The van der Waals surface area contributed by atoms with Crippen LogP contribution in [0.25, 0.3) is 0 Å². The molecule has 2 heterocycles. The molecule has 98 valence electrons. The fourth-order valence-corrected chi connectivity index (χ4v) is 1.76. The van der Waals surface area contributed by atoms with Crippen molar-refractivity contribution in [3.8, 4) is 0 Å². The van der Waals surface area contributed by atoms with Crippen molar-refractivity contribution in [2.75, 3.05) is 18.5 Å². The van der Waals surface area contributed by atoms with E-state index in [1.165, 1.54) is 10.9 Å². The number of urea groups is 1. The number of nitrogens with two attached hydrogens (primary N) is 1. The van der Waals surface area contributed by atoms with Crippen LogP contribution >= 0.6 is 0 Å². The molecule has 0 spiro atoms. The van der Waals surface area contributed by atoms with Crippen molar-refractivity contribution in [3.05, 3.63) is 11.8 Å². The predicted molar refractivity (Wildman–Crippen MR) is 65.6 cm³/mol. The molecule has 0 aliphatic carbocycles. The van der Waals surface area contributed by atoms with Gasteiger partial charge in [-0.25, -0.2) is 4.79 Å². The standard InChI is InChI=1S/C10H16N6O2/c1-16-9(7(4-13-16)8(11)12)15-10(17)14-6-2-3-18-5-6/h4,6H,2-3,5H2,1H3,(H3,11,12)(H2,14,15,17). The van der Waals surface area contributed by atoms with E-state index in [0.717, 1.165) is 6.42 Å². The highest BCUT2D eigenvalue weighted by molar-refractivity contribution is 6.02. The topological polar surface area (TPSA) is 118 Å². The summed E-state index contributed by atoms with van der Waals surface area (Å²) in [6.07, 6.45) is 2.25. The zero-order chi connectivity index (χ0) is 13.1. The van der Waals surface area contributed by atoms with Gasteiger partial charge in [0.1, 0.15) is 11.7 Å². The summed E-state index contributed by atoms with van der Waals surface area (Å²) in [5.41, 5.74) is 5.80. The van der Waals surface area contributed by atoms with E-state index in [2.05, 4.69) is 15.7 Å². The van der Waals surface area contributed by atoms with Gasteiger partial charge in [0.05, 0.1) is 24.4 Å². The van der Waals surface area contributed by atoms with Gasteiger partial charge in [-0.1, -0.05) is 0 Å². The maximum absolute atomic E-state index is 11.8. The van der Waals surface area contributed by atoms with Crippen molar-refractivity contribution in [3.63, 3.8) is 0 Å². The number of anilines is 1. The molecule has 18 heavy (non-hydrogen) atoms. The molecule has 2 amide bonds. The SMILES string of the molecule is Cn1ncc(C(=N)N)c1NC(=O)NC1CCOC1. The predicted octanol–water partition coefficient (Wildman–Crippen LogP) is -0.385. The van der Waals surface area contributed by atoms with Gasteiger partial charge in [0.25, 0.3) is 0 Å². The highest BCUT2D eigenvalue weighted by Crippen LogP contribution is 2.13. The van der Waals surface area contributed by atoms with Crippen LogP contribution in [0, 0.1) is 5.41 Å². The molecular formula is C10H16N6O2. The number of nitrogens with zero attached hydrogens (tertiary/aromatic N) is 2. The van der Waals surface area contributed by atoms with Crippen molar-refractivity contribution in [1.29, 1.82) is 5.41 Å². The lowest BCUT2D eigenvalue weighted by Crippen LogP contribution is -2.38. The van der Waals surface area contributed by atoms with Crippen molar-refractivity contribution in [1.82, 2.24) is 15.1 Å². The number of ether oxygens (including phenoxy) is 1. The molecule has 1 aliphatic rings. The van der Waals surface area contributed by atoms with Gasteiger partial charge in [-0.05, 0) is 6.42 Å². The average molecular weight is 252 g/mol.